The van der Waals surface area contributed by atoms with Gasteiger partial charge in [0.15, 0.2) is 0 Å². The fourth-order valence-electron chi connectivity index (χ4n) is 3.97. The van der Waals surface area contributed by atoms with Crippen LogP contribution in [0.5, 0.6) is 0 Å². The predicted molar refractivity (Wildman–Crippen MR) is 122 cm³/mol. The van der Waals surface area contributed by atoms with Gasteiger partial charge in [-0.15, -0.1) is 0 Å². The topological polar surface area (TPSA) is 42.9 Å². The van der Waals surface area contributed by atoms with Crippen LogP contribution in [0.15, 0.2) is 77.3 Å². The zero-order valence-electron chi connectivity index (χ0n) is 16.9. The Kier molecular flexibility index (Phi) is 6.30. The van der Waals surface area contributed by atoms with Crippen LogP contribution in [0, 0.1) is 0 Å². The van der Waals surface area contributed by atoms with Gasteiger partial charge in [0, 0.05) is 36.3 Å². The summed E-state index contributed by atoms with van der Waals surface area (Å²) in [6.45, 7) is 0.478. The van der Waals surface area contributed by atoms with Crippen LogP contribution in [0.2, 0.25) is 10.0 Å². The highest BCUT2D eigenvalue weighted by molar-refractivity contribution is 6.30. The molecular formula is C24H24Cl2N2O2. The van der Waals surface area contributed by atoms with Crippen LogP contribution in [-0.4, -0.2) is 32.3 Å². The molecule has 1 heterocycles. The monoisotopic (exact) mass is 442 g/mol. The van der Waals surface area contributed by atoms with Crippen molar-refractivity contribution in [2.75, 3.05) is 20.8 Å². The minimum atomic E-state index is -0.489. The number of nitrogens with zero attached hydrogens (tertiary/aromatic N) is 1. The van der Waals surface area contributed by atoms with E-state index in [1.165, 1.54) is 0 Å². The largest absolute Gasteiger partial charge is 0.381 e. The highest BCUT2D eigenvalue weighted by Gasteiger charge is 2.35. The minimum Gasteiger partial charge on any atom is -0.381 e. The molecule has 0 radical (unpaired) electrons. The third-order valence-electron chi connectivity index (χ3n) is 5.56. The molecule has 4 rings (SSSR count). The number of ether oxygens (including phenoxy) is 2. The standard InChI is InChI=1S/C24H24Cl2N2O2/c1-29-15-24(30-2)13-3-4-18(14-24)23-27-21(16-5-9-19(25)10-6-16)22(28-23)17-7-11-20(26)12-8-17/h3-12,14,21-22H,13,15H2,1-2H3,(H,27,28). The zero-order valence-corrected chi connectivity index (χ0v) is 18.5. The Morgan fingerprint density at radius 3 is 2.23 bits per heavy atom. The highest BCUT2D eigenvalue weighted by atomic mass is 35.5. The summed E-state index contributed by atoms with van der Waals surface area (Å²) in [7, 11) is 3.40. The molecule has 1 N–H and O–H groups in total. The summed E-state index contributed by atoms with van der Waals surface area (Å²) in [4.78, 5) is 5.07. The van der Waals surface area contributed by atoms with Gasteiger partial charge in [0.2, 0.25) is 0 Å². The highest BCUT2D eigenvalue weighted by Crippen LogP contribution is 2.39. The van der Waals surface area contributed by atoms with E-state index in [-0.39, 0.29) is 12.1 Å². The van der Waals surface area contributed by atoms with Gasteiger partial charge in [0.1, 0.15) is 17.5 Å². The number of nitrogens with one attached hydrogen (secondary N) is 1. The molecule has 3 unspecified atom stereocenters. The second-order valence-electron chi connectivity index (χ2n) is 7.56. The van der Waals surface area contributed by atoms with Crippen molar-refractivity contribution >= 4 is 29.0 Å². The summed E-state index contributed by atoms with van der Waals surface area (Å²) in [6, 6.07) is 15.6. The van der Waals surface area contributed by atoms with Gasteiger partial charge < -0.3 is 14.8 Å². The average Bonchev–Trinajstić information content (AvgIpc) is 3.21. The van der Waals surface area contributed by atoms with Gasteiger partial charge in [-0.25, -0.2) is 0 Å². The second-order valence-corrected chi connectivity index (χ2v) is 8.43. The molecule has 0 bridgehead atoms. The molecule has 0 fully saturated rings. The van der Waals surface area contributed by atoms with Crippen LogP contribution in [-0.2, 0) is 9.47 Å². The first kappa shape index (κ1) is 21.1. The maximum Gasteiger partial charge on any atom is 0.129 e. The van der Waals surface area contributed by atoms with Crippen molar-refractivity contribution in [2.24, 2.45) is 4.99 Å². The van der Waals surface area contributed by atoms with Crippen LogP contribution < -0.4 is 5.32 Å². The molecule has 2 aromatic rings. The van der Waals surface area contributed by atoms with Crippen molar-refractivity contribution in [3.63, 3.8) is 0 Å². The Labute approximate surface area is 187 Å². The van der Waals surface area contributed by atoms with Crippen LogP contribution in [0.25, 0.3) is 0 Å². The van der Waals surface area contributed by atoms with Gasteiger partial charge in [-0.1, -0.05) is 59.6 Å². The Bertz CT molecular complexity index is 983. The molecular weight excluding hydrogens is 419 g/mol. The van der Waals surface area contributed by atoms with Gasteiger partial charge in [0.05, 0.1) is 12.6 Å². The molecule has 0 saturated heterocycles. The van der Waals surface area contributed by atoms with E-state index in [2.05, 4.69) is 23.5 Å². The molecule has 0 amide bonds. The molecule has 30 heavy (non-hydrogen) atoms. The predicted octanol–water partition coefficient (Wildman–Crippen LogP) is 5.70. The zero-order chi connectivity index (χ0) is 21.1. The number of benzene rings is 2. The third-order valence-corrected chi connectivity index (χ3v) is 6.07. The van der Waals surface area contributed by atoms with Crippen molar-refractivity contribution < 1.29 is 9.47 Å². The summed E-state index contributed by atoms with van der Waals surface area (Å²) >= 11 is 12.2. The molecule has 1 aliphatic carbocycles. The summed E-state index contributed by atoms with van der Waals surface area (Å²) in [5.41, 5.74) is 2.72. The Morgan fingerprint density at radius 2 is 1.63 bits per heavy atom. The molecule has 4 nitrogen and oxygen atoms in total. The normalized spacial score (nSPS) is 25.6. The Balaban J connectivity index is 1.72. The fraction of sp³-hybridized carbons (Fsp3) is 0.292. The number of hydrogen-bond acceptors (Lipinski definition) is 4. The molecule has 0 saturated carbocycles. The first-order chi connectivity index (χ1) is 14.5. The molecule has 3 atom stereocenters. The fourth-order valence-corrected chi connectivity index (χ4v) is 4.22. The molecule has 156 valence electrons. The summed E-state index contributed by atoms with van der Waals surface area (Å²) in [5, 5.41) is 5.04. The molecule has 2 aromatic carbocycles. The van der Waals surface area contributed by atoms with E-state index in [0.717, 1.165) is 29.0 Å². The van der Waals surface area contributed by atoms with Gasteiger partial charge in [-0.2, -0.15) is 0 Å². The van der Waals surface area contributed by atoms with Crippen molar-refractivity contribution in [2.45, 2.75) is 24.1 Å². The van der Waals surface area contributed by atoms with Crippen LogP contribution in [0.3, 0.4) is 0 Å². The Hall–Kier alpha value is -2.11. The van der Waals surface area contributed by atoms with E-state index in [1.54, 1.807) is 14.2 Å². The number of amidine groups is 1. The van der Waals surface area contributed by atoms with E-state index in [9.17, 15) is 0 Å². The lowest BCUT2D eigenvalue weighted by molar-refractivity contribution is -0.0278. The minimum absolute atomic E-state index is 0.0194. The van der Waals surface area contributed by atoms with E-state index in [4.69, 9.17) is 37.7 Å². The van der Waals surface area contributed by atoms with Gasteiger partial charge >= 0.3 is 0 Å². The third kappa shape index (κ3) is 4.33. The lowest BCUT2D eigenvalue weighted by Gasteiger charge is -2.30. The second kappa shape index (κ2) is 8.94. The maximum atomic E-state index is 6.11. The first-order valence-electron chi connectivity index (χ1n) is 9.83. The first-order valence-corrected chi connectivity index (χ1v) is 10.6. The number of halogens is 2. The smallest absolute Gasteiger partial charge is 0.129 e. The molecule has 2 aliphatic rings. The number of hydrogen-bond donors (Lipinski definition) is 1. The number of methoxy groups -OCH3 is 2. The van der Waals surface area contributed by atoms with Gasteiger partial charge in [-0.3, -0.25) is 4.99 Å². The number of rotatable bonds is 6. The van der Waals surface area contributed by atoms with E-state index >= 15 is 0 Å². The lowest BCUT2D eigenvalue weighted by atomic mass is 9.91. The maximum absolute atomic E-state index is 6.11. The average molecular weight is 443 g/mol. The quantitative estimate of drug-likeness (QED) is 0.623. The SMILES string of the molecule is COCC1(OC)C=C(C2=NC(c3ccc(Cl)cc3)C(c3ccc(Cl)cc3)N2)C=CC1. The lowest BCUT2D eigenvalue weighted by Crippen LogP contribution is -2.37. The van der Waals surface area contributed by atoms with E-state index < -0.39 is 5.60 Å². The van der Waals surface area contributed by atoms with Crippen molar-refractivity contribution in [1.82, 2.24) is 5.32 Å². The van der Waals surface area contributed by atoms with Crippen molar-refractivity contribution in [3.05, 3.63) is 93.5 Å². The molecule has 0 spiro atoms. The van der Waals surface area contributed by atoms with E-state index in [0.29, 0.717) is 16.7 Å². The van der Waals surface area contributed by atoms with E-state index in [1.807, 2.05) is 48.5 Å². The molecule has 6 heteroatoms. The van der Waals surface area contributed by atoms with Crippen LogP contribution in [0.1, 0.15) is 29.6 Å². The Morgan fingerprint density at radius 1 is 1.00 bits per heavy atom. The summed E-state index contributed by atoms with van der Waals surface area (Å²) in [5.74, 6) is 0.836. The summed E-state index contributed by atoms with van der Waals surface area (Å²) < 4.78 is 11.2. The van der Waals surface area contributed by atoms with Gasteiger partial charge in [0.25, 0.3) is 0 Å². The van der Waals surface area contributed by atoms with Crippen molar-refractivity contribution in [3.8, 4) is 0 Å². The number of aliphatic imine (C=N–C) groups is 1. The summed E-state index contributed by atoms with van der Waals surface area (Å²) in [6.07, 6.45) is 7.05. The molecule has 0 aromatic heterocycles. The van der Waals surface area contributed by atoms with Crippen LogP contribution in [0.4, 0.5) is 0 Å². The van der Waals surface area contributed by atoms with Crippen LogP contribution >= 0.6 is 23.2 Å². The molecule has 1 aliphatic heterocycles. The van der Waals surface area contributed by atoms with Crippen molar-refractivity contribution in [1.29, 1.82) is 0 Å². The van der Waals surface area contributed by atoms with Gasteiger partial charge in [-0.05, 0) is 41.5 Å².